The van der Waals surface area contributed by atoms with Crippen molar-refractivity contribution in [2.45, 2.75) is 0 Å². The fourth-order valence-electron chi connectivity index (χ4n) is 1.37. The van der Waals surface area contributed by atoms with Crippen LogP contribution < -0.4 is 16.0 Å². The molecule has 2 aromatic rings. The molecule has 1 aromatic carbocycles. The quantitative estimate of drug-likeness (QED) is 0.498. The first-order valence-electron chi connectivity index (χ1n) is 5.15. The van der Waals surface area contributed by atoms with Crippen molar-refractivity contribution in [1.82, 2.24) is 4.98 Å². The van der Waals surface area contributed by atoms with Crippen molar-refractivity contribution < 1.29 is 14.1 Å². The summed E-state index contributed by atoms with van der Waals surface area (Å²) in [6.45, 7) is 0. The van der Waals surface area contributed by atoms with Crippen LogP contribution in [0.15, 0.2) is 36.4 Å². The van der Waals surface area contributed by atoms with Gasteiger partial charge in [0.2, 0.25) is 5.88 Å². The third kappa shape index (κ3) is 3.13. The minimum absolute atomic E-state index is 0.0623. The Balaban J connectivity index is 2.34. The molecule has 0 aliphatic rings. The van der Waals surface area contributed by atoms with E-state index in [-0.39, 0.29) is 23.1 Å². The number of nitrogens with two attached hydrogens (primary N) is 1. The summed E-state index contributed by atoms with van der Waals surface area (Å²) in [6.07, 6.45) is 0. The van der Waals surface area contributed by atoms with Crippen molar-refractivity contribution in [2.24, 2.45) is 5.84 Å². The molecular weight excluding hydrogens is 255 g/mol. The van der Waals surface area contributed by atoms with Gasteiger partial charge in [0.1, 0.15) is 11.6 Å². The first-order valence-corrected chi connectivity index (χ1v) is 5.15. The first kappa shape index (κ1) is 12.7. The molecule has 8 heteroatoms. The molecule has 0 fully saturated rings. The maximum absolute atomic E-state index is 13.0. The molecule has 0 radical (unpaired) electrons. The van der Waals surface area contributed by atoms with Gasteiger partial charge in [-0.15, -0.1) is 0 Å². The largest absolute Gasteiger partial charge is 0.439 e. The number of nitro groups is 1. The summed E-state index contributed by atoms with van der Waals surface area (Å²) in [6, 6.07) is 7.60. The Morgan fingerprint density at radius 1 is 1.37 bits per heavy atom. The number of nitrogen functional groups attached to an aromatic ring is 1. The zero-order valence-corrected chi connectivity index (χ0v) is 9.54. The average Bonchev–Trinajstić information content (AvgIpc) is 2.38. The zero-order valence-electron chi connectivity index (χ0n) is 9.54. The Hall–Kier alpha value is -2.74. The number of aromatic nitrogens is 1. The maximum atomic E-state index is 13.0. The molecular formula is C11H9FN4O3. The van der Waals surface area contributed by atoms with Gasteiger partial charge < -0.3 is 10.2 Å². The Morgan fingerprint density at radius 3 is 2.79 bits per heavy atom. The highest BCUT2D eigenvalue weighted by Gasteiger charge is 2.12. The van der Waals surface area contributed by atoms with Crippen LogP contribution >= 0.6 is 0 Å². The number of nitrogens with zero attached hydrogens (tertiary/aromatic N) is 2. The van der Waals surface area contributed by atoms with Gasteiger partial charge in [0.25, 0.3) is 5.69 Å². The van der Waals surface area contributed by atoms with E-state index in [1.54, 1.807) is 0 Å². The van der Waals surface area contributed by atoms with Crippen LogP contribution in [0, 0.1) is 15.9 Å². The normalized spacial score (nSPS) is 10.0. The number of ether oxygens (including phenoxy) is 1. The van der Waals surface area contributed by atoms with Crippen LogP contribution in [0.4, 0.5) is 15.9 Å². The summed E-state index contributed by atoms with van der Waals surface area (Å²) in [5.41, 5.74) is 1.95. The summed E-state index contributed by atoms with van der Waals surface area (Å²) in [5, 5.41) is 10.7. The van der Waals surface area contributed by atoms with E-state index in [1.807, 2.05) is 0 Å². The lowest BCUT2D eigenvalue weighted by Crippen LogP contribution is -2.09. The molecule has 98 valence electrons. The van der Waals surface area contributed by atoms with Crippen LogP contribution in [0.5, 0.6) is 11.6 Å². The van der Waals surface area contributed by atoms with E-state index in [1.165, 1.54) is 18.2 Å². The topological polar surface area (TPSA) is 103 Å². The highest BCUT2D eigenvalue weighted by molar-refractivity contribution is 5.48. The zero-order chi connectivity index (χ0) is 13.8. The molecule has 0 bridgehead atoms. The van der Waals surface area contributed by atoms with Gasteiger partial charge in [0.15, 0.2) is 5.82 Å². The van der Waals surface area contributed by atoms with Gasteiger partial charge in [-0.05, 0) is 12.1 Å². The fraction of sp³-hybridized carbons (Fsp3) is 0. The molecule has 0 aliphatic heterocycles. The van der Waals surface area contributed by atoms with Crippen LogP contribution in [0.2, 0.25) is 0 Å². The minimum atomic E-state index is -0.610. The van der Waals surface area contributed by atoms with Crippen LogP contribution in [-0.2, 0) is 0 Å². The van der Waals surface area contributed by atoms with Gasteiger partial charge in [-0.1, -0.05) is 6.07 Å². The van der Waals surface area contributed by atoms with Gasteiger partial charge in [-0.25, -0.2) is 10.2 Å². The highest BCUT2D eigenvalue weighted by atomic mass is 19.1. The Bertz CT molecular complexity index is 621. The standard InChI is InChI=1S/C11H9FN4O3/c12-7-2-1-3-9(4-7)19-11-6-8(16(17)18)5-10(14-11)15-13/h1-6H,13H2,(H,14,15). The molecule has 0 aliphatic carbocycles. The van der Waals surface area contributed by atoms with E-state index in [4.69, 9.17) is 10.6 Å². The summed E-state index contributed by atoms with van der Waals surface area (Å²) < 4.78 is 18.2. The van der Waals surface area contributed by atoms with Gasteiger partial charge in [0, 0.05) is 6.07 Å². The molecule has 0 spiro atoms. The number of hydrogen-bond donors (Lipinski definition) is 2. The number of benzene rings is 1. The summed E-state index contributed by atoms with van der Waals surface area (Å²) in [4.78, 5) is 14.0. The number of anilines is 1. The molecule has 3 N–H and O–H groups in total. The third-order valence-electron chi connectivity index (χ3n) is 2.16. The van der Waals surface area contributed by atoms with Crippen molar-refractivity contribution >= 4 is 11.5 Å². The maximum Gasteiger partial charge on any atom is 0.278 e. The second kappa shape index (κ2) is 5.27. The predicted octanol–water partition coefficient (Wildman–Crippen LogP) is 2.21. The van der Waals surface area contributed by atoms with Crippen molar-refractivity contribution in [3.05, 3.63) is 52.3 Å². The number of pyridine rings is 1. The minimum Gasteiger partial charge on any atom is -0.439 e. The van der Waals surface area contributed by atoms with E-state index < -0.39 is 10.7 Å². The Labute approximate surface area is 107 Å². The number of hydrazine groups is 1. The van der Waals surface area contributed by atoms with Crippen LogP contribution in [0.25, 0.3) is 0 Å². The predicted molar refractivity (Wildman–Crippen MR) is 65.2 cm³/mol. The monoisotopic (exact) mass is 264 g/mol. The number of halogens is 1. The van der Waals surface area contributed by atoms with E-state index in [0.29, 0.717) is 0 Å². The Morgan fingerprint density at radius 2 is 2.16 bits per heavy atom. The molecule has 0 amide bonds. The van der Waals surface area contributed by atoms with Gasteiger partial charge in [-0.3, -0.25) is 10.1 Å². The Kier molecular flexibility index (Phi) is 3.53. The molecule has 1 aromatic heterocycles. The first-order chi connectivity index (χ1) is 9.08. The molecule has 0 saturated carbocycles. The van der Waals surface area contributed by atoms with E-state index >= 15 is 0 Å². The molecule has 0 atom stereocenters. The van der Waals surface area contributed by atoms with Gasteiger partial charge >= 0.3 is 0 Å². The summed E-state index contributed by atoms with van der Waals surface area (Å²) >= 11 is 0. The second-order valence-corrected chi connectivity index (χ2v) is 3.51. The summed E-state index contributed by atoms with van der Waals surface area (Å²) in [7, 11) is 0. The van der Waals surface area contributed by atoms with Gasteiger partial charge in [-0.2, -0.15) is 4.98 Å². The third-order valence-corrected chi connectivity index (χ3v) is 2.16. The molecule has 2 rings (SSSR count). The second-order valence-electron chi connectivity index (χ2n) is 3.51. The van der Waals surface area contributed by atoms with Crippen molar-refractivity contribution in [3.63, 3.8) is 0 Å². The SMILES string of the molecule is NNc1cc([N+](=O)[O-])cc(Oc2cccc(F)c2)n1. The smallest absolute Gasteiger partial charge is 0.278 e. The molecule has 1 heterocycles. The average molecular weight is 264 g/mol. The van der Waals surface area contributed by atoms with E-state index in [0.717, 1.165) is 18.2 Å². The van der Waals surface area contributed by atoms with Crippen molar-refractivity contribution in [3.8, 4) is 11.6 Å². The van der Waals surface area contributed by atoms with Crippen molar-refractivity contribution in [2.75, 3.05) is 5.43 Å². The van der Waals surface area contributed by atoms with E-state index in [9.17, 15) is 14.5 Å². The molecule has 7 nitrogen and oxygen atoms in total. The van der Waals surface area contributed by atoms with Crippen LogP contribution in [-0.4, -0.2) is 9.91 Å². The number of nitrogens with one attached hydrogen (secondary N) is 1. The molecule has 0 unspecified atom stereocenters. The summed E-state index contributed by atoms with van der Waals surface area (Å²) in [5.74, 6) is 4.85. The lowest BCUT2D eigenvalue weighted by Gasteiger charge is -2.06. The van der Waals surface area contributed by atoms with Crippen LogP contribution in [0.1, 0.15) is 0 Å². The fourth-order valence-corrected chi connectivity index (χ4v) is 1.37. The van der Waals surface area contributed by atoms with Crippen molar-refractivity contribution in [1.29, 1.82) is 0 Å². The molecule has 19 heavy (non-hydrogen) atoms. The van der Waals surface area contributed by atoms with Crippen LogP contribution in [0.3, 0.4) is 0 Å². The van der Waals surface area contributed by atoms with E-state index in [2.05, 4.69) is 10.4 Å². The molecule has 0 saturated heterocycles. The van der Waals surface area contributed by atoms with Gasteiger partial charge in [0.05, 0.1) is 17.1 Å². The lowest BCUT2D eigenvalue weighted by molar-refractivity contribution is -0.384. The number of hydrogen-bond acceptors (Lipinski definition) is 6. The highest BCUT2D eigenvalue weighted by Crippen LogP contribution is 2.26. The number of rotatable bonds is 4. The lowest BCUT2D eigenvalue weighted by atomic mass is 10.3.